The minimum Gasteiger partial charge on any atom is -0.390 e. The zero-order valence-electron chi connectivity index (χ0n) is 11.1. The monoisotopic (exact) mass is 229 g/mol. The molecule has 0 aliphatic carbocycles. The lowest BCUT2D eigenvalue weighted by atomic mass is 10.1. The number of likely N-dealkylation sites (N-methyl/N-ethyl adjacent to an activating group) is 2. The van der Waals surface area contributed by atoms with Crippen molar-refractivity contribution in [3.8, 4) is 0 Å². The number of aliphatic hydroxyl groups excluding tert-OH is 1. The van der Waals surface area contributed by atoms with Crippen molar-refractivity contribution < 1.29 is 5.11 Å². The van der Waals surface area contributed by atoms with Crippen LogP contribution in [0.15, 0.2) is 0 Å². The third kappa shape index (κ3) is 3.70. The number of rotatable bonds is 5. The maximum atomic E-state index is 10.1. The molecule has 0 radical (unpaired) electrons. The van der Waals surface area contributed by atoms with Crippen molar-refractivity contribution in [3.63, 3.8) is 0 Å². The summed E-state index contributed by atoms with van der Waals surface area (Å²) in [5.74, 6) is 0. The number of piperazine rings is 1. The molecule has 0 aromatic carbocycles. The summed E-state index contributed by atoms with van der Waals surface area (Å²) in [4.78, 5) is 4.74. The highest BCUT2D eigenvalue weighted by atomic mass is 16.3. The van der Waals surface area contributed by atoms with Gasteiger partial charge in [-0.2, -0.15) is 0 Å². The first-order valence-electron chi connectivity index (χ1n) is 6.36. The van der Waals surface area contributed by atoms with Crippen molar-refractivity contribution in [2.24, 2.45) is 0 Å². The Morgan fingerprint density at radius 2 is 2.12 bits per heavy atom. The highest BCUT2D eigenvalue weighted by Crippen LogP contribution is 2.10. The van der Waals surface area contributed by atoms with Crippen molar-refractivity contribution in [1.82, 2.24) is 15.1 Å². The topological polar surface area (TPSA) is 38.7 Å². The molecule has 2 N–H and O–H groups in total. The van der Waals surface area contributed by atoms with Crippen LogP contribution in [0.3, 0.4) is 0 Å². The predicted octanol–water partition coefficient (Wildman–Crippen LogP) is -0.0188. The smallest absolute Gasteiger partial charge is 0.0819 e. The molecular formula is C12H27N3O. The Morgan fingerprint density at radius 1 is 1.44 bits per heavy atom. The molecule has 0 aromatic rings. The number of hydrogen-bond acceptors (Lipinski definition) is 4. The summed E-state index contributed by atoms with van der Waals surface area (Å²) < 4.78 is 0. The summed E-state index contributed by atoms with van der Waals surface area (Å²) >= 11 is 0. The lowest BCUT2D eigenvalue weighted by Crippen LogP contribution is -2.54. The van der Waals surface area contributed by atoms with Gasteiger partial charge >= 0.3 is 0 Å². The highest BCUT2D eigenvalue weighted by Gasteiger charge is 2.25. The van der Waals surface area contributed by atoms with Crippen LogP contribution in [0.25, 0.3) is 0 Å². The molecule has 1 aliphatic rings. The summed E-state index contributed by atoms with van der Waals surface area (Å²) in [5.41, 5.74) is 0. The van der Waals surface area contributed by atoms with E-state index < -0.39 is 0 Å². The molecule has 1 heterocycles. The zero-order chi connectivity index (χ0) is 12.1. The summed E-state index contributed by atoms with van der Waals surface area (Å²) in [5, 5.41) is 13.3. The normalized spacial score (nSPS) is 27.9. The van der Waals surface area contributed by atoms with Crippen LogP contribution in [-0.2, 0) is 0 Å². The van der Waals surface area contributed by atoms with E-state index in [0.717, 1.165) is 32.6 Å². The molecule has 3 unspecified atom stereocenters. The zero-order valence-corrected chi connectivity index (χ0v) is 11.1. The summed E-state index contributed by atoms with van der Waals surface area (Å²) in [6, 6.07) is 0.759. The van der Waals surface area contributed by atoms with Crippen molar-refractivity contribution in [2.75, 3.05) is 40.3 Å². The molecule has 1 rings (SSSR count). The van der Waals surface area contributed by atoms with Crippen molar-refractivity contribution >= 4 is 0 Å². The Morgan fingerprint density at radius 3 is 2.62 bits per heavy atom. The van der Waals surface area contributed by atoms with E-state index in [0.29, 0.717) is 6.04 Å². The fourth-order valence-electron chi connectivity index (χ4n) is 2.48. The lowest BCUT2D eigenvalue weighted by molar-refractivity contribution is 0.0321. The number of aliphatic hydroxyl groups is 1. The number of β-amino-alcohol motifs (C(OH)–C–C–N with tert-alkyl or cyclic N) is 1. The van der Waals surface area contributed by atoms with Crippen molar-refractivity contribution in [3.05, 3.63) is 0 Å². The van der Waals surface area contributed by atoms with E-state index in [2.05, 4.69) is 36.0 Å². The van der Waals surface area contributed by atoms with E-state index in [1.165, 1.54) is 0 Å². The second-order valence-corrected chi connectivity index (χ2v) is 4.98. The minimum absolute atomic E-state index is 0.215. The van der Waals surface area contributed by atoms with Gasteiger partial charge in [0.1, 0.15) is 0 Å². The van der Waals surface area contributed by atoms with Crippen LogP contribution in [0.5, 0.6) is 0 Å². The largest absolute Gasteiger partial charge is 0.390 e. The first-order chi connectivity index (χ1) is 7.58. The molecule has 96 valence electrons. The average Bonchev–Trinajstić information content (AvgIpc) is 2.24. The van der Waals surface area contributed by atoms with Gasteiger partial charge in [-0.25, -0.2) is 0 Å². The van der Waals surface area contributed by atoms with Gasteiger partial charge in [0.25, 0.3) is 0 Å². The number of hydrogen-bond donors (Lipinski definition) is 2. The Labute approximate surface area is 99.6 Å². The SMILES string of the molecule is CCC(NC)C(O)CN1CCN(C)CC1C. The van der Waals surface area contributed by atoms with E-state index in [1.807, 2.05) is 7.05 Å². The third-order valence-corrected chi connectivity index (χ3v) is 3.66. The molecule has 16 heavy (non-hydrogen) atoms. The van der Waals surface area contributed by atoms with Gasteiger partial charge in [0.2, 0.25) is 0 Å². The van der Waals surface area contributed by atoms with Gasteiger partial charge in [0.05, 0.1) is 6.10 Å². The van der Waals surface area contributed by atoms with Gasteiger partial charge in [0.15, 0.2) is 0 Å². The van der Waals surface area contributed by atoms with Gasteiger partial charge < -0.3 is 15.3 Å². The van der Waals surface area contributed by atoms with E-state index >= 15 is 0 Å². The molecule has 1 saturated heterocycles. The van der Waals surface area contributed by atoms with Crippen LogP contribution in [-0.4, -0.2) is 73.4 Å². The van der Waals surface area contributed by atoms with Crippen LogP contribution in [0, 0.1) is 0 Å². The first-order valence-corrected chi connectivity index (χ1v) is 6.36. The van der Waals surface area contributed by atoms with E-state index in [9.17, 15) is 5.11 Å². The standard InChI is InChI=1S/C12H27N3O/c1-5-11(13-3)12(16)9-15-7-6-14(4)8-10(15)2/h10-13,16H,5-9H2,1-4H3. The highest BCUT2D eigenvalue weighted by molar-refractivity contribution is 4.82. The van der Waals surface area contributed by atoms with Gasteiger partial charge in [-0.1, -0.05) is 6.92 Å². The number of nitrogens with zero attached hydrogens (tertiary/aromatic N) is 2. The van der Waals surface area contributed by atoms with Crippen LogP contribution >= 0.6 is 0 Å². The molecular weight excluding hydrogens is 202 g/mol. The Balaban J connectivity index is 2.41. The van der Waals surface area contributed by atoms with Crippen LogP contribution in [0.1, 0.15) is 20.3 Å². The molecule has 3 atom stereocenters. The Hall–Kier alpha value is -0.160. The fourth-order valence-corrected chi connectivity index (χ4v) is 2.48. The summed E-state index contributed by atoms with van der Waals surface area (Å²) in [6.07, 6.45) is 0.709. The van der Waals surface area contributed by atoms with Crippen LogP contribution < -0.4 is 5.32 Å². The molecule has 0 aromatic heterocycles. The van der Waals surface area contributed by atoms with E-state index in [4.69, 9.17) is 0 Å². The van der Waals surface area contributed by atoms with Crippen molar-refractivity contribution in [1.29, 1.82) is 0 Å². The maximum Gasteiger partial charge on any atom is 0.0819 e. The maximum absolute atomic E-state index is 10.1. The van der Waals surface area contributed by atoms with Gasteiger partial charge in [-0.05, 0) is 27.4 Å². The van der Waals surface area contributed by atoms with E-state index in [-0.39, 0.29) is 12.1 Å². The van der Waals surface area contributed by atoms with Crippen LogP contribution in [0.4, 0.5) is 0 Å². The van der Waals surface area contributed by atoms with Gasteiger partial charge in [-0.3, -0.25) is 4.90 Å². The average molecular weight is 229 g/mol. The van der Waals surface area contributed by atoms with Gasteiger partial charge in [-0.15, -0.1) is 0 Å². The molecule has 0 spiro atoms. The lowest BCUT2D eigenvalue weighted by Gasteiger charge is -2.40. The molecule has 4 heteroatoms. The quantitative estimate of drug-likeness (QED) is 0.695. The van der Waals surface area contributed by atoms with E-state index in [1.54, 1.807) is 0 Å². The number of nitrogens with one attached hydrogen (secondary N) is 1. The molecule has 1 aliphatic heterocycles. The Kier molecular flexibility index (Phi) is 5.69. The molecule has 1 fully saturated rings. The Bertz CT molecular complexity index is 197. The third-order valence-electron chi connectivity index (χ3n) is 3.66. The molecule has 0 bridgehead atoms. The molecule has 0 saturated carbocycles. The molecule has 4 nitrogen and oxygen atoms in total. The first kappa shape index (κ1) is 13.9. The predicted molar refractivity (Wildman–Crippen MR) is 67.7 cm³/mol. The summed E-state index contributed by atoms with van der Waals surface area (Å²) in [7, 11) is 4.08. The summed E-state index contributed by atoms with van der Waals surface area (Å²) in [6.45, 7) is 8.40. The van der Waals surface area contributed by atoms with Crippen molar-refractivity contribution in [2.45, 2.75) is 38.5 Å². The van der Waals surface area contributed by atoms with Crippen LogP contribution in [0.2, 0.25) is 0 Å². The second-order valence-electron chi connectivity index (χ2n) is 4.98. The van der Waals surface area contributed by atoms with Gasteiger partial charge in [0, 0.05) is 38.3 Å². The molecule has 0 amide bonds. The second kappa shape index (κ2) is 6.55. The minimum atomic E-state index is -0.263. The fraction of sp³-hybridized carbons (Fsp3) is 1.00.